The number of anilines is 1. The van der Waals surface area contributed by atoms with Gasteiger partial charge in [0.25, 0.3) is 11.6 Å². The molecule has 1 aromatic carbocycles. The molecule has 0 aliphatic heterocycles. The van der Waals surface area contributed by atoms with Crippen LogP contribution in [-0.2, 0) is 14.3 Å². The Morgan fingerprint density at radius 1 is 1.45 bits per heavy atom. The molecule has 20 heavy (non-hydrogen) atoms. The Morgan fingerprint density at radius 3 is 2.75 bits per heavy atom. The molecule has 7 nitrogen and oxygen atoms in total. The maximum Gasteiger partial charge on any atom is 0.306 e. The molecule has 0 heterocycles. The van der Waals surface area contributed by atoms with E-state index in [9.17, 15) is 24.1 Å². The van der Waals surface area contributed by atoms with E-state index in [0.717, 1.165) is 18.2 Å². The van der Waals surface area contributed by atoms with Gasteiger partial charge >= 0.3 is 5.97 Å². The Labute approximate surface area is 113 Å². The van der Waals surface area contributed by atoms with Crippen LogP contribution in [0.4, 0.5) is 15.8 Å². The van der Waals surface area contributed by atoms with Crippen LogP contribution in [0.1, 0.15) is 19.8 Å². The van der Waals surface area contributed by atoms with Gasteiger partial charge in [-0.1, -0.05) is 6.92 Å². The number of carbonyl (C=O) groups excluding carboxylic acids is 2. The van der Waals surface area contributed by atoms with Gasteiger partial charge in [0, 0.05) is 18.6 Å². The minimum atomic E-state index is -0.816. The smallest absolute Gasteiger partial charge is 0.306 e. The number of hydrogen-bond acceptors (Lipinski definition) is 5. The number of benzene rings is 1. The Balaban J connectivity index is 2.63. The molecule has 0 saturated carbocycles. The molecule has 0 aromatic heterocycles. The van der Waals surface area contributed by atoms with Crippen molar-refractivity contribution in [1.82, 2.24) is 0 Å². The molecule has 0 spiro atoms. The van der Waals surface area contributed by atoms with Gasteiger partial charge in [0.2, 0.25) is 0 Å². The third-order valence-electron chi connectivity index (χ3n) is 2.25. The summed E-state index contributed by atoms with van der Waals surface area (Å²) in [5.74, 6) is -2.13. The third-order valence-corrected chi connectivity index (χ3v) is 2.25. The van der Waals surface area contributed by atoms with E-state index in [4.69, 9.17) is 0 Å². The summed E-state index contributed by atoms with van der Waals surface area (Å²) in [6.45, 7) is 1.21. The lowest BCUT2D eigenvalue weighted by Crippen LogP contribution is -2.21. The second-order valence-electron chi connectivity index (χ2n) is 3.88. The van der Waals surface area contributed by atoms with Gasteiger partial charge in [-0.25, -0.2) is 4.39 Å². The number of amides is 1. The molecule has 1 rings (SSSR count). The fourth-order valence-electron chi connectivity index (χ4n) is 1.33. The fraction of sp³-hybridized carbons (Fsp3) is 0.333. The molecule has 0 aliphatic rings. The maximum atomic E-state index is 13.4. The molecule has 0 aliphatic carbocycles. The minimum absolute atomic E-state index is 0.179. The van der Waals surface area contributed by atoms with E-state index in [-0.39, 0.29) is 17.8 Å². The summed E-state index contributed by atoms with van der Waals surface area (Å²) < 4.78 is 18.0. The molecule has 0 radical (unpaired) electrons. The van der Waals surface area contributed by atoms with Gasteiger partial charge < -0.3 is 10.1 Å². The van der Waals surface area contributed by atoms with E-state index in [1.165, 1.54) is 0 Å². The zero-order valence-corrected chi connectivity index (χ0v) is 10.7. The summed E-state index contributed by atoms with van der Waals surface area (Å²) in [7, 11) is 0. The van der Waals surface area contributed by atoms with Crippen molar-refractivity contribution in [2.75, 3.05) is 11.9 Å². The summed E-state index contributed by atoms with van der Waals surface area (Å²) in [4.78, 5) is 32.3. The zero-order valence-electron chi connectivity index (χ0n) is 10.7. The van der Waals surface area contributed by atoms with Gasteiger partial charge in [0.05, 0.1) is 10.6 Å². The lowest BCUT2D eigenvalue weighted by molar-refractivity contribution is -0.384. The van der Waals surface area contributed by atoms with Crippen LogP contribution in [0, 0.1) is 15.9 Å². The van der Waals surface area contributed by atoms with Crippen LogP contribution in [0.5, 0.6) is 0 Å². The molecule has 1 aromatic rings. The Kier molecular flexibility index (Phi) is 5.57. The predicted molar refractivity (Wildman–Crippen MR) is 67.6 cm³/mol. The van der Waals surface area contributed by atoms with Crippen molar-refractivity contribution in [3.8, 4) is 0 Å². The number of nitro groups is 1. The van der Waals surface area contributed by atoms with Gasteiger partial charge in [-0.05, 0) is 12.5 Å². The van der Waals surface area contributed by atoms with Gasteiger partial charge in [-0.3, -0.25) is 19.7 Å². The highest BCUT2D eigenvalue weighted by Gasteiger charge is 2.14. The highest BCUT2D eigenvalue weighted by molar-refractivity contribution is 5.93. The standard InChI is InChI=1S/C12H13FN2O5/c1-2-3-12(17)20-7-11(16)14-10-6-8(15(18)19)4-5-9(10)13/h4-6H,2-3,7H2,1H3,(H,14,16). The van der Waals surface area contributed by atoms with Crippen molar-refractivity contribution in [2.24, 2.45) is 0 Å². The number of halogens is 1. The number of hydrogen-bond donors (Lipinski definition) is 1. The van der Waals surface area contributed by atoms with Crippen LogP contribution < -0.4 is 5.32 Å². The first kappa shape index (κ1) is 15.5. The SMILES string of the molecule is CCCC(=O)OCC(=O)Nc1cc([N+](=O)[O-])ccc1F. The molecule has 1 N–H and O–H groups in total. The first-order valence-corrected chi connectivity index (χ1v) is 5.83. The van der Waals surface area contributed by atoms with Gasteiger partial charge in [-0.15, -0.1) is 0 Å². The van der Waals surface area contributed by atoms with Crippen LogP contribution in [0.25, 0.3) is 0 Å². The van der Waals surface area contributed by atoms with E-state index >= 15 is 0 Å². The second-order valence-corrected chi connectivity index (χ2v) is 3.88. The summed E-state index contributed by atoms with van der Waals surface area (Å²) in [5.41, 5.74) is -0.694. The van der Waals surface area contributed by atoms with Crippen molar-refractivity contribution >= 4 is 23.3 Å². The highest BCUT2D eigenvalue weighted by Crippen LogP contribution is 2.21. The third kappa shape index (κ3) is 4.63. The van der Waals surface area contributed by atoms with Crippen molar-refractivity contribution in [1.29, 1.82) is 0 Å². The molecule has 8 heteroatoms. The monoisotopic (exact) mass is 284 g/mol. The van der Waals surface area contributed by atoms with Crippen LogP contribution in [0.2, 0.25) is 0 Å². The zero-order chi connectivity index (χ0) is 15.1. The van der Waals surface area contributed by atoms with Gasteiger partial charge in [-0.2, -0.15) is 0 Å². The summed E-state index contributed by atoms with van der Waals surface area (Å²) >= 11 is 0. The van der Waals surface area contributed by atoms with Crippen LogP contribution >= 0.6 is 0 Å². The number of non-ortho nitro benzene ring substituents is 1. The first-order valence-electron chi connectivity index (χ1n) is 5.83. The number of ether oxygens (including phenoxy) is 1. The van der Waals surface area contributed by atoms with Crippen LogP contribution in [0.3, 0.4) is 0 Å². The quantitative estimate of drug-likeness (QED) is 0.489. The van der Waals surface area contributed by atoms with Crippen LogP contribution in [-0.4, -0.2) is 23.4 Å². The summed E-state index contributed by atoms with van der Waals surface area (Å²) in [6.07, 6.45) is 0.762. The topological polar surface area (TPSA) is 98.5 Å². The summed E-state index contributed by atoms with van der Waals surface area (Å²) in [5, 5.41) is 12.6. The lowest BCUT2D eigenvalue weighted by atomic mass is 10.2. The average Bonchev–Trinajstić information content (AvgIpc) is 2.39. The lowest BCUT2D eigenvalue weighted by Gasteiger charge is -2.07. The molecular formula is C12H13FN2O5. The molecule has 108 valence electrons. The largest absolute Gasteiger partial charge is 0.456 e. The molecule has 0 bridgehead atoms. The first-order chi connectivity index (χ1) is 9.43. The average molecular weight is 284 g/mol. The normalized spacial score (nSPS) is 9.90. The number of nitro benzene ring substituents is 1. The fourth-order valence-corrected chi connectivity index (χ4v) is 1.33. The van der Waals surface area contributed by atoms with Crippen molar-refractivity contribution in [3.05, 3.63) is 34.1 Å². The van der Waals surface area contributed by atoms with E-state index in [1.807, 2.05) is 0 Å². The summed E-state index contributed by atoms with van der Waals surface area (Å²) in [6, 6.07) is 2.74. The number of carbonyl (C=O) groups is 2. The van der Waals surface area contributed by atoms with Crippen molar-refractivity contribution in [3.63, 3.8) is 0 Å². The van der Waals surface area contributed by atoms with Crippen molar-refractivity contribution < 1.29 is 23.6 Å². The molecule has 1 amide bonds. The molecule has 0 atom stereocenters. The Hall–Kier alpha value is -2.51. The Morgan fingerprint density at radius 2 is 2.15 bits per heavy atom. The number of rotatable bonds is 6. The van der Waals surface area contributed by atoms with E-state index < -0.39 is 29.2 Å². The Bertz CT molecular complexity index is 533. The molecule has 0 unspecified atom stereocenters. The number of esters is 1. The minimum Gasteiger partial charge on any atom is -0.456 e. The van der Waals surface area contributed by atoms with Crippen LogP contribution in [0.15, 0.2) is 18.2 Å². The highest BCUT2D eigenvalue weighted by atomic mass is 19.1. The maximum absolute atomic E-state index is 13.4. The number of nitrogens with one attached hydrogen (secondary N) is 1. The van der Waals surface area contributed by atoms with E-state index in [1.54, 1.807) is 6.92 Å². The van der Waals surface area contributed by atoms with Gasteiger partial charge in [0.1, 0.15) is 5.82 Å². The van der Waals surface area contributed by atoms with Gasteiger partial charge in [0.15, 0.2) is 6.61 Å². The molecule has 0 saturated heterocycles. The van der Waals surface area contributed by atoms with E-state index in [2.05, 4.69) is 10.1 Å². The molecular weight excluding hydrogens is 271 g/mol. The second kappa shape index (κ2) is 7.17. The predicted octanol–water partition coefficient (Wildman–Crippen LogP) is 2.02. The molecule has 0 fully saturated rings. The van der Waals surface area contributed by atoms with E-state index in [0.29, 0.717) is 6.42 Å². The van der Waals surface area contributed by atoms with Crippen molar-refractivity contribution in [2.45, 2.75) is 19.8 Å². The number of nitrogens with zero attached hydrogens (tertiary/aromatic N) is 1.